The lowest BCUT2D eigenvalue weighted by Crippen LogP contribution is -2.39. The number of halogens is 1. The lowest BCUT2D eigenvalue weighted by molar-refractivity contribution is -0.118. The van der Waals surface area contributed by atoms with E-state index < -0.39 is 33.7 Å². The number of methoxy groups -OCH3 is 1. The Morgan fingerprint density at radius 2 is 1.58 bits per heavy atom. The SMILES string of the molecule is COc1ccc(Sc2ccc(S(=O)(=O)Nc3ccc(F)cc3)cc2C(=O)NC(CC(N)=O)Cc2ccc(C(C)(C)C)cc2)cc1. The van der Waals surface area contributed by atoms with Gasteiger partial charge < -0.3 is 15.8 Å². The minimum Gasteiger partial charge on any atom is -0.497 e. The molecule has 4 rings (SSSR count). The molecular weight excluding hydrogens is 614 g/mol. The molecular formula is C34H36FN3O5S2. The third kappa shape index (κ3) is 9.32. The number of carbonyl (C=O) groups is 2. The molecule has 0 bridgehead atoms. The Bertz CT molecular complexity index is 1750. The summed E-state index contributed by atoms with van der Waals surface area (Å²) in [5.41, 5.74) is 7.82. The molecule has 0 aliphatic carbocycles. The van der Waals surface area contributed by atoms with E-state index in [1.165, 1.54) is 36.0 Å². The normalized spacial score (nSPS) is 12.3. The number of anilines is 1. The highest BCUT2D eigenvalue weighted by atomic mass is 32.2. The Kier molecular flexibility index (Phi) is 10.6. The van der Waals surface area contributed by atoms with Crippen molar-refractivity contribution in [3.05, 3.63) is 114 Å². The van der Waals surface area contributed by atoms with Crippen LogP contribution in [0.1, 0.15) is 48.7 Å². The van der Waals surface area contributed by atoms with E-state index in [0.29, 0.717) is 17.1 Å². The molecule has 0 aromatic heterocycles. The highest BCUT2D eigenvalue weighted by Gasteiger charge is 2.23. The van der Waals surface area contributed by atoms with Gasteiger partial charge in [-0.2, -0.15) is 0 Å². The molecule has 4 aromatic rings. The third-order valence-corrected chi connectivity index (χ3v) is 9.44. The summed E-state index contributed by atoms with van der Waals surface area (Å²) in [5.74, 6) is -0.996. The van der Waals surface area contributed by atoms with Gasteiger partial charge in [-0.1, -0.05) is 56.8 Å². The first-order valence-electron chi connectivity index (χ1n) is 14.2. The number of hydrogen-bond acceptors (Lipinski definition) is 6. The zero-order valence-electron chi connectivity index (χ0n) is 25.5. The maximum atomic E-state index is 13.8. The first kappa shape index (κ1) is 33.5. The fourth-order valence-corrected chi connectivity index (χ4v) is 6.56. The van der Waals surface area contributed by atoms with Crippen molar-refractivity contribution >= 4 is 39.3 Å². The van der Waals surface area contributed by atoms with Crippen LogP contribution in [0.15, 0.2) is 106 Å². The summed E-state index contributed by atoms with van der Waals surface area (Å²) < 4.78 is 47.6. The van der Waals surface area contributed by atoms with Gasteiger partial charge in [-0.25, -0.2) is 12.8 Å². The number of sulfonamides is 1. The van der Waals surface area contributed by atoms with Crippen molar-refractivity contribution in [1.29, 1.82) is 0 Å². The van der Waals surface area contributed by atoms with Crippen LogP contribution in [0.2, 0.25) is 0 Å². The predicted octanol–water partition coefficient (Wildman–Crippen LogP) is 6.30. The molecule has 0 saturated heterocycles. The maximum absolute atomic E-state index is 13.8. The molecule has 0 aliphatic heterocycles. The van der Waals surface area contributed by atoms with Crippen molar-refractivity contribution < 1.29 is 27.1 Å². The van der Waals surface area contributed by atoms with Gasteiger partial charge in [0.25, 0.3) is 15.9 Å². The monoisotopic (exact) mass is 649 g/mol. The highest BCUT2D eigenvalue weighted by Crippen LogP contribution is 2.33. The Balaban J connectivity index is 1.66. The third-order valence-electron chi connectivity index (χ3n) is 6.97. The minimum atomic E-state index is -4.15. The maximum Gasteiger partial charge on any atom is 0.261 e. The fourth-order valence-electron chi connectivity index (χ4n) is 4.55. The topological polar surface area (TPSA) is 128 Å². The van der Waals surface area contributed by atoms with E-state index in [1.54, 1.807) is 25.3 Å². The minimum absolute atomic E-state index is 0.0335. The van der Waals surface area contributed by atoms with E-state index in [9.17, 15) is 22.4 Å². The number of ether oxygens (including phenoxy) is 1. The second-order valence-electron chi connectivity index (χ2n) is 11.5. The van der Waals surface area contributed by atoms with Crippen LogP contribution in [-0.2, 0) is 26.7 Å². The Morgan fingerprint density at radius 3 is 2.16 bits per heavy atom. The lowest BCUT2D eigenvalue weighted by atomic mass is 9.86. The summed E-state index contributed by atoms with van der Waals surface area (Å²) in [6, 6.07) is 23.6. The Hall–Kier alpha value is -4.35. The van der Waals surface area contributed by atoms with Crippen molar-refractivity contribution in [1.82, 2.24) is 5.32 Å². The van der Waals surface area contributed by atoms with Gasteiger partial charge in [0, 0.05) is 27.9 Å². The highest BCUT2D eigenvalue weighted by molar-refractivity contribution is 7.99. The Morgan fingerprint density at radius 1 is 0.933 bits per heavy atom. The zero-order valence-corrected chi connectivity index (χ0v) is 27.1. The quantitative estimate of drug-likeness (QED) is 0.165. The van der Waals surface area contributed by atoms with Gasteiger partial charge in [-0.3, -0.25) is 14.3 Å². The van der Waals surface area contributed by atoms with Crippen LogP contribution in [0.3, 0.4) is 0 Å². The second-order valence-corrected chi connectivity index (χ2v) is 14.3. The number of carbonyl (C=O) groups excluding carboxylic acids is 2. The summed E-state index contributed by atoms with van der Waals surface area (Å²) >= 11 is 1.27. The molecule has 45 heavy (non-hydrogen) atoms. The van der Waals surface area contributed by atoms with Gasteiger partial charge in [0.1, 0.15) is 11.6 Å². The van der Waals surface area contributed by atoms with Crippen molar-refractivity contribution in [2.45, 2.75) is 59.8 Å². The summed E-state index contributed by atoms with van der Waals surface area (Å²) in [5, 5.41) is 2.91. The lowest BCUT2D eigenvalue weighted by Gasteiger charge is -2.21. The Labute approximate surface area is 267 Å². The van der Waals surface area contributed by atoms with E-state index in [4.69, 9.17) is 10.5 Å². The van der Waals surface area contributed by atoms with Crippen LogP contribution in [0.4, 0.5) is 10.1 Å². The van der Waals surface area contributed by atoms with Crippen LogP contribution in [-0.4, -0.2) is 33.4 Å². The molecule has 0 spiro atoms. The smallest absolute Gasteiger partial charge is 0.261 e. The fraction of sp³-hybridized carbons (Fsp3) is 0.235. The molecule has 0 aliphatic rings. The van der Waals surface area contributed by atoms with E-state index in [1.807, 2.05) is 36.4 Å². The van der Waals surface area contributed by atoms with Gasteiger partial charge >= 0.3 is 0 Å². The molecule has 4 aromatic carbocycles. The standard InChI is InChI=1S/C34H36FN3O5S2/c1-34(2,3)23-7-5-22(6-8-23)19-26(20-32(36)39)37-33(40)30-21-29(45(41,42)38-25-11-9-24(35)10-12-25)17-18-31(30)44-28-15-13-27(43-4)14-16-28/h5-18,21,26,38H,19-20H2,1-4H3,(H2,36,39)(H,37,40). The largest absolute Gasteiger partial charge is 0.497 e. The number of hydrogen-bond donors (Lipinski definition) is 3. The summed E-state index contributed by atoms with van der Waals surface area (Å²) in [6.45, 7) is 6.34. The van der Waals surface area contributed by atoms with Crippen LogP contribution >= 0.6 is 11.8 Å². The molecule has 8 nitrogen and oxygen atoms in total. The van der Waals surface area contributed by atoms with Crippen LogP contribution in [0.5, 0.6) is 5.75 Å². The molecule has 1 atom stereocenters. The molecule has 0 fully saturated rings. The molecule has 4 N–H and O–H groups in total. The summed E-state index contributed by atoms with van der Waals surface area (Å²) in [7, 11) is -2.58. The van der Waals surface area contributed by atoms with Crippen molar-refractivity contribution in [3.63, 3.8) is 0 Å². The van der Waals surface area contributed by atoms with Crippen LogP contribution < -0.4 is 20.5 Å². The predicted molar refractivity (Wildman–Crippen MR) is 175 cm³/mol. The van der Waals surface area contributed by atoms with Crippen LogP contribution in [0.25, 0.3) is 0 Å². The van der Waals surface area contributed by atoms with E-state index in [-0.39, 0.29) is 28.0 Å². The number of nitrogens with two attached hydrogens (primary N) is 1. The van der Waals surface area contributed by atoms with Crippen LogP contribution in [0, 0.1) is 5.82 Å². The van der Waals surface area contributed by atoms with Gasteiger partial charge in [-0.15, -0.1) is 0 Å². The average Bonchev–Trinajstić information content (AvgIpc) is 2.98. The number of benzene rings is 4. The van der Waals surface area contributed by atoms with E-state index in [2.05, 4.69) is 30.8 Å². The number of primary amides is 1. The summed E-state index contributed by atoms with van der Waals surface area (Å²) in [4.78, 5) is 26.9. The average molecular weight is 650 g/mol. The van der Waals surface area contributed by atoms with Gasteiger partial charge in [0.2, 0.25) is 5.91 Å². The summed E-state index contributed by atoms with van der Waals surface area (Å²) in [6.07, 6.45) is 0.224. The first-order chi connectivity index (χ1) is 21.2. The van der Waals surface area contributed by atoms with E-state index in [0.717, 1.165) is 28.2 Å². The van der Waals surface area contributed by atoms with Gasteiger partial charge in [0.15, 0.2) is 0 Å². The second kappa shape index (κ2) is 14.2. The van der Waals surface area contributed by atoms with E-state index >= 15 is 0 Å². The number of amides is 2. The van der Waals surface area contributed by atoms with Gasteiger partial charge in [-0.05, 0) is 89.7 Å². The molecule has 11 heteroatoms. The molecule has 2 amide bonds. The molecule has 236 valence electrons. The molecule has 0 saturated carbocycles. The van der Waals surface area contributed by atoms with Gasteiger partial charge in [0.05, 0.1) is 17.6 Å². The van der Waals surface area contributed by atoms with Crippen molar-refractivity contribution in [2.24, 2.45) is 5.73 Å². The molecule has 1 unspecified atom stereocenters. The van der Waals surface area contributed by atoms with Crippen molar-refractivity contribution in [2.75, 3.05) is 11.8 Å². The number of rotatable bonds is 12. The molecule has 0 radical (unpaired) electrons. The van der Waals surface area contributed by atoms with Crippen molar-refractivity contribution in [3.8, 4) is 5.75 Å². The first-order valence-corrected chi connectivity index (χ1v) is 16.5. The zero-order chi connectivity index (χ0) is 32.8. The number of nitrogens with one attached hydrogen (secondary N) is 2. The molecule has 0 heterocycles.